The van der Waals surface area contributed by atoms with Crippen LogP contribution in [0.25, 0.3) is 0 Å². The van der Waals surface area contributed by atoms with Crippen LogP contribution in [0.2, 0.25) is 0 Å². The lowest BCUT2D eigenvalue weighted by Crippen LogP contribution is -2.60. The van der Waals surface area contributed by atoms with E-state index in [1.165, 1.54) is 257 Å². The molecule has 1 aliphatic heterocycles. The second-order valence-electron chi connectivity index (χ2n) is 24.2. The molecular weight excluding hydrogens is 991 g/mol. The number of carbonyl (C=O) groups is 1. The quantitative estimate of drug-likeness (QED) is 0.0215. The monoisotopic (exact) mass is 1120 g/mol. The van der Waals surface area contributed by atoms with Crippen LogP contribution in [0.3, 0.4) is 0 Å². The molecule has 0 aromatic carbocycles. The molecule has 0 spiro atoms. The van der Waals surface area contributed by atoms with Gasteiger partial charge in [0.05, 0.1) is 25.4 Å². The van der Waals surface area contributed by atoms with Gasteiger partial charge in [-0.25, -0.2) is 0 Å². The van der Waals surface area contributed by atoms with Crippen molar-refractivity contribution in [3.05, 3.63) is 24.3 Å². The van der Waals surface area contributed by atoms with E-state index in [2.05, 4.69) is 43.5 Å². The Kier molecular flexibility index (Phi) is 54.6. The first kappa shape index (κ1) is 75.6. The Morgan fingerprint density at radius 2 is 0.747 bits per heavy atom. The van der Waals surface area contributed by atoms with Gasteiger partial charge in [-0.15, -0.1) is 0 Å². The molecule has 1 saturated heterocycles. The van der Waals surface area contributed by atoms with Crippen molar-refractivity contribution >= 4 is 5.91 Å². The molecule has 1 heterocycles. The second-order valence-corrected chi connectivity index (χ2v) is 24.2. The molecule has 8 N–H and O–H groups in total. The van der Waals surface area contributed by atoms with Gasteiger partial charge >= 0.3 is 0 Å². The summed E-state index contributed by atoms with van der Waals surface area (Å²) in [6.07, 6.45) is 59.7. The van der Waals surface area contributed by atoms with Gasteiger partial charge in [0.1, 0.15) is 36.6 Å². The first-order valence-corrected chi connectivity index (χ1v) is 34.2. The molecule has 468 valence electrons. The molecule has 79 heavy (non-hydrogen) atoms. The normalized spacial score (nSPS) is 19.4. The third-order valence-electron chi connectivity index (χ3n) is 16.7. The van der Waals surface area contributed by atoms with Crippen molar-refractivity contribution in [2.75, 3.05) is 13.2 Å². The van der Waals surface area contributed by atoms with Gasteiger partial charge < -0.3 is 50.5 Å². The van der Waals surface area contributed by atoms with Crippen molar-refractivity contribution in [3.63, 3.8) is 0 Å². The van der Waals surface area contributed by atoms with E-state index in [1.807, 2.05) is 0 Å². The number of nitrogens with one attached hydrogen (secondary N) is 1. The smallest absolute Gasteiger partial charge is 0.249 e. The first-order chi connectivity index (χ1) is 38.7. The highest BCUT2D eigenvalue weighted by molar-refractivity contribution is 5.80. The minimum absolute atomic E-state index is 0.256. The Labute approximate surface area is 486 Å². The van der Waals surface area contributed by atoms with Crippen LogP contribution >= 0.6 is 0 Å². The molecule has 9 atom stereocenters. The number of carbonyl (C=O) groups excluding carboxylic acids is 1. The average Bonchev–Trinajstić information content (AvgIpc) is 3.46. The fraction of sp³-hybridized carbons (Fsp3) is 0.926. The van der Waals surface area contributed by atoms with Crippen LogP contribution in [-0.4, -0.2) is 110 Å². The molecule has 0 aliphatic carbocycles. The summed E-state index contributed by atoms with van der Waals surface area (Å²) in [5.41, 5.74) is 0. The molecular formula is C68H131NO10. The number of unbranched alkanes of at least 4 members (excludes halogenated alkanes) is 44. The van der Waals surface area contributed by atoms with Crippen LogP contribution in [0.15, 0.2) is 24.3 Å². The maximum atomic E-state index is 13.2. The molecule has 11 nitrogen and oxygen atoms in total. The van der Waals surface area contributed by atoms with E-state index in [9.17, 15) is 40.5 Å². The molecule has 1 rings (SSSR count). The molecule has 0 radical (unpaired) electrons. The van der Waals surface area contributed by atoms with Gasteiger partial charge in [0.25, 0.3) is 0 Å². The number of ether oxygens (including phenoxy) is 2. The summed E-state index contributed by atoms with van der Waals surface area (Å²) in [6.45, 7) is 3.50. The zero-order chi connectivity index (χ0) is 57.5. The Morgan fingerprint density at radius 3 is 1.09 bits per heavy atom. The third kappa shape index (κ3) is 44.7. The summed E-state index contributed by atoms with van der Waals surface area (Å²) in [4.78, 5) is 13.2. The molecule has 0 bridgehead atoms. The van der Waals surface area contributed by atoms with Gasteiger partial charge in [-0.2, -0.15) is 0 Å². The van der Waals surface area contributed by atoms with E-state index in [-0.39, 0.29) is 12.8 Å². The number of hydrogen-bond donors (Lipinski definition) is 8. The summed E-state index contributed by atoms with van der Waals surface area (Å²) in [5.74, 6) is -0.701. The van der Waals surface area contributed by atoms with Crippen LogP contribution in [0, 0.1) is 0 Å². The van der Waals surface area contributed by atoms with Gasteiger partial charge in [0.2, 0.25) is 5.91 Å². The number of rotatable bonds is 60. The fourth-order valence-electron chi connectivity index (χ4n) is 11.2. The largest absolute Gasteiger partial charge is 0.394 e. The van der Waals surface area contributed by atoms with Gasteiger partial charge in [-0.3, -0.25) is 4.79 Å². The van der Waals surface area contributed by atoms with Crippen molar-refractivity contribution in [1.82, 2.24) is 5.32 Å². The molecule has 0 aromatic rings. The van der Waals surface area contributed by atoms with Crippen LogP contribution in [-0.2, 0) is 14.3 Å². The molecule has 0 saturated carbocycles. The second kappa shape index (κ2) is 57.0. The minimum Gasteiger partial charge on any atom is -0.394 e. The van der Waals surface area contributed by atoms with E-state index in [0.29, 0.717) is 12.8 Å². The lowest BCUT2D eigenvalue weighted by Gasteiger charge is -2.40. The molecule has 1 amide bonds. The predicted octanol–water partition coefficient (Wildman–Crippen LogP) is 16.0. The van der Waals surface area contributed by atoms with Gasteiger partial charge in [-0.1, -0.05) is 295 Å². The number of aliphatic hydroxyl groups is 7. The average molecular weight is 1120 g/mol. The number of amides is 1. The highest BCUT2D eigenvalue weighted by Crippen LogP contribution is 2.24. The van der Waals surface area contributed by atoms with E-state index in [1.54, 1.807) is 0 Å². The van der Waals surface area contributed by atoms with Crippen LogP contribution in [0.1, 0.15) is 335 Å². The Hall–Kier alpha value is -1.41. The van der Waals surface area contributed by atoms with E-state index < -0.39 is 74.2 Å². The van der Waals surface area contributed by atoms with E-state index in [4.69, 9.17) is 9.47 Å². The molecule has 11 heteroatoms. The summed E-state index contributed by atoms with van der Waals surface area (Å²) >= 11 is 0. The number of allylic oxidation sites excluding steroid dienone is 4. The van der Waals surface area contributed by atoms with Crippen LogP contribution in [0.5, 0.6) is 0 Å². The summed E-state index contributed by atoms with van der Waals surface area (Å²) in [6, 6.07) is -1.18. The van der Waals surface area contributed by atoms with E-state index >= 15 is 0 Å². The topological polar surface area (TPSA) is 189 Å². The van der Waals surface area contributed by atoms with Crippen LogP contribution < -0.4 is 5.32 Å². The highest BCUT2D eigenvalue weighted by Gasteiger charge is 2.44. The maximum Gasteiger partial charge on any atom is 0.249 e. The van der Waals surface area contributed by atoms with Crippen molar-refractivity contribution in [3.8, 4) is 0 Å². The predicted molar refractivity (Wildman–Crippen MR) is 330 cm³/mol. The summed E-state index contributed by atoms with van der Waals surface area (Å²) in [7, 11) is 0. The van der Waals surface area contributed by atoms with Crippen molar-refractivity contribution in [1.29, 1.82) is 0 Å². The summed E-state index contributed by atoms with van der Waals surface area (Å²) < 4.78 is 11.2. The van der Waals surface area contributed by atoms with Crippen molar-refractivity contribution in [2.45, 2.75) is 390 Å². The number of hydrogen-bond acceptors (Lipinski definition) is 10. The Bertz CT molecular complexity index is 1330. The molecule has 0 aromatic heterocycles. The standard InChI is InChI=1S/C68H131NO10/c1-3-5-7-9-11-13-15-17-19-21-23-25-27-29-30-31-32-34-36-38-40-42-44-46-48-50-52-54-56-61(72)67(77)69-59(58-78-68-66(76)65(75)64(74)62(57-70)79-68)63(73)60(71)55-53-51-49-47-45-43-41-39-37-35-33-28-26-24-22-20-18-16-14-12-10-8-6-4-2/h29-30,47,49,59-66,68,70-76H,3-28,31-46,48,50-58H2,1-2H3,(H,69,77)/b30-29-,49-47+. The fourth-order valence-corrected chi connectivity index (χ4v) is 11.2. The first-order valence-electron chi connectivity index (χ1n) is 34.2. The Morgan fingerprint density at radius 1 is 0.430 bits per heavy atom. The SMILES string of the molecule is CCCCCCCCCCCCCC/C=C\CCCCCCCCCCCCCCC(O)C(=O)NC(COC1OC(CO)C(O)C(O)C1O)C(O)C(O)CCC/C=C/CCCCCCCCCCCCCCCCCCCCC. The lowest BCUT2D eigenvalue weighted by molar-refractivity contribution is -0.303. The highest BCUT2D eigenvalue weighted by atomic mass is 16.7. The van der Waals surface area contributed by atoms with E-state index in [0.717, 1.165) is 38.5 Å². The zero-order valence-electron chi connectivity index (χ0n) is 51.6. The van der Waals surface area contributed by atoms with Gasteiger partial charge in [0.15, 0.2) is 6.29 Å². The van der Waals surface area contributed by atoms with Gasteiger partial charge in [-0.05, 0) is 64.2 Å². The zero-order valence-corrected chi connectivity index (χ0v) is 51.6. The lowest BCUT2D eigenvalue weighted by atomic mass is 9.98. The molecule has 1 aliphatic rings. The third-order valence-corrected chi connectivity index (χ3v) is 16.7. The molecule has 9 unspecified atom stereocenters. The maximum absolute atomic E-state index is 13.2. The van der Waals surface area contributed by atoms with Crippen molar-refractivity contribution < 1.29 is 50.0 Å². The van der Waals surface area contributed by atoms with Crippen LogP contribution in [0.4, 0.5) is 0 Å². The Balaban J connectivity index is 2.23. The summed E-state index contributed by atoms with van der Waals surface area (Å²) in [5, 5.41) is 76.4. The van der Waals surface area contributed by atoms with Crippen molar-refractivity contribution in [2.24, 2.45) is 0 Å². The van der Waals surface area contributed by atoms with Gasteiger partial charge in [0, 0.05) is 0 Å². The number of aliphatic hydroxyl groups excluding tert-OH is 7. The molecule has 1 fully saturated rings. The minimum atomic E-state index is -1.67.